The largest absolute Gasteiger partial charge is 0.398 e. The molecule has 1 atom stereocenters. The number of nitrogens with one attached hydrogen (secondary N) is 1. The van der Waals surface area contributed by atoms with Crippen molar-refractivity contribution in [3.05, 3.63) is 50.9 Å². The van der Waals surface area contributed by atoms with Crippen molar-refractivity contribution in [1.29, 1.82) is 0 Å². The molecule has 0 saturated carbocycles. The SMILES string of the molecule is CC[C@H](NC(=O)c1cc([N+](=O)[O-])ccc1N)c1c(C)noc1C. The normalized spacial score (nSPS) is 12.0. The molecule has 0 saturated heterocycles. The van der Waals surface area contributed by atoms with Crippen LogP contribution in [0.3, 0.4) is 0 Å². The van der Waals surface area contributed by atoms with Crippen molar-refractivity contribution in [3.63, 3.8) is 0 Å². The van der Waals surface area contributed by atoms with Crippen molar-refractivity contribution >= 4 is 17.3 Å². The van der Waals surface area contributed by atoms with E-state index in [2.05, 4.69) is 10.5 Å². The van der Waals surface area contributed by atoms with Crippen molar-refractivity contribution in [2.24, 2.45) is 0 Å². The van der Waals surface area contributed by atoms with Gasteiger partial charge in [-0.25, -0.2) is 0 Å². The number of nitro benzene ring substituents is 1. The monoisotopic (exact) mass is 318 g/mol. The van der Waals surface area contributed by atoms with Crippen LogP contribution in [-0.4, -0.2) is 16.0 Å². The average Bonchev–Trinajstić information content (AvgIpc) is 2.84. The fourth-order valence-corrected chi connectivity index (χ4v) is 2.46. The molecule has 0 spiro atoms. The van der Waals surface area contributed by atoms with E-state index in [0.717, 1.165) is 5.56 Å². The Hall–Kier alpha value is -2.90. The maximum Gasteiger partial charge on any atom is 0.270 e. The van der Waals surface area contributed by atoms with Crippen molar-refractivity contribution in [3.8, 4) is 0 Å². The van der Waals surface area contributed by atoms with Crippen LogP contribution in [0.25, 0.3) is 0 Å². The molecule has 1 amide bonds. The zero-order valence-corrected chi connectivity index (χ0v) is 13.1. The van der Waals surface area contributed by atoms with Crippen LogP contribution in [0.4, 0.5) is 11.4 Å². The quantitative estimate of drug-likeness (QED) is 0.496. The van der Waals surface area contributed by atoms with E-state index in [1.165, 1.54) is 18.2 Å². The lowest BCUT2D eigenvalue weighted by atomic mass is 10.0. The van der Waals surface area contributed by atoms with E-state index >= 15 is 0 Å². The molecular weight excluding hydrogens is 300 g/mol. The first-order valence-corrected chi connectivity index (χ1v) is 7.12. The van der Waals surface area contributed by atoms with Gasteiger partial charge in [-0.05, 0) is 26.3 Å². The lowest BCUT2D eigenvalue weighted by Crippen LogP contribution is -2.29. The molecule has 0 aliphatic heterocycles. The van der Waals surface area contributed by atoms with Gasteiger partial charge < -0.3 is 15.6 Å². The minimum Gasteiger partial charge on any atom is -0.398 e. The number of nitrogen functional groups attached to an aromatic ring is 1. The van der Waals surface area contributed by atoms with Crippen molar-refractivity contribution < 1.29 is 14.2 Å². The molecule has 1 heterocycles. The lowest BCUT2D eigenvalue weighted by Gasteiger charge is -2.17. The van der Waals surface area contributed by atoms with Crippen LogP contribution < -0.4 is 11.1 Å². The summed E-state index contributed by atoms with van der Waals surface area (Å²) < 4.78 is 5.12. The summed E-state index contributed by atoms with van der Waals surface area (Å²) in [6.07, 6.45) is 0.615. The van der Waals surface area contributed by atoms with Gasteiger partial charge in [-0.15, -0.1) is 0 Å². The standard InChI is InChI=1S/C15H18N4O4/c1-4-13(14-8(2)18-23-9(14)3)17-15(20)11-7-10(19(21)22)5-6-12(11)16/h5-7,13H,4,16H2,1-3H3,(H,17,20)/t13-/m0/s1. The van der Waals surface area contributed by atoms with Gasteiger partial charge in [0.2, 0.25) is 0 Å². The molecule has 8 heteroatoms. The second kappa shape index (κ2) is 6.47. The maximum absolute atomic E-state index is 12.5. The molecule has 23 heavy (non-hydrogen) atoms. The van der Waals surface area contributed by atoms with Crippen LogP contribution in [0.2, 0.25) is 0 Å². The molecule has 0 radical (unpaired) electrons. The van der Waals surface area contributed by atoms with Crippen molar-refractivity contribution in [2.75, 3.05) is 5.73 Å². The highest BCUT2D eigenvalue weighted by Crippen LogP contribution is 2.26. The number of aryl methyl sites for hydroxylation is 2. The molecule has 0 bridgehead atoms. The molecule has 0 fully saturated rings. The van der Waals surface area contributed by atoms with Crippen molar-refractivity contribution in [1.82, 2.24) is 10.5 Å². The number of nitrogens with zero attached hydrogens (tertiary/aromatic N) is 2. The minimum atomic E-state index is -0.568. The second-order valence-corrected chi connectivity index (χ2v) is 5.20. The summed E-state index contributed by atoms with van der Waals surface area (Å²) in [6, 6.07) is 3.47. The minimum absolute atomic E-state index is 0.0735. The molecular formula is C15H18N4O4. The highest BCUT2D eigenvalue weighted by molar-refractivity contribution is 6.00. The van der Waals surface area contributed by atoms with Gasteiger partial charge in [0.15, 0.2) is 0 Å². The number of anilines is 1. The molecule has 0 unspecified atom stereocenters. The number of hydrogen-bond acceptors (Lipinski definition) is 6. The third kappa shape index (κ3) is 3.31. The highest BCUT2D eigenvalue weighted by Gasteiger charge is 2.23. The second-order valence-electron chi connectivity index (χ2n) is 5.20. The van der Waals surface area contributed by atoms with Crippen molar-refractivity contribution in [2.45, 2.75) is 33.2 Å². The van der Waals surface area contributed by atoms with Crippen LogP contribution in [-0.2, 0) is 0 Å². The zero-order valence-electron chi connectivity index (χ0n) is 13.1. The molecule has 2 aromatic rings. The Balaban J connectivity index is 2.30. The molecule has 0 aliphatic carbocycles. The number of carbonyl (C=O) groups excluding carboxylic acids is 1. The molecule has 8 nitrogen and oxygen atoms in total. The number of benzene rings is 1. The summed E-state index contributed by atoms with van der Waals surface area (Å²) >= 11 is 0. The predicted molar refractivity (Wildman–Crippen MR) is 84.0 cm³/mol. The third-order valence-corrected chi connectivity index (χ3v) is 3.64. The van der Waals surface area contributed by atoms with Gasteiger partial charge in [-0.3, -0.25) is 14.9 Å². The van der Waals surface area contributed by atoms with E-state index in [1.807, 2.05) is 6.92 Å². The van der Waals surface area contributed by atoms with Gasteiger partial charge in [-0.1, -0.05) is 12.1 Å². The fourth-order valence-electron chi connectivity index (χ4n) is 2.46. The molecule has 2 rings (SSSR count). The Morgan fingerprint density at radius 1 is 1.48 bits per heavy atom. The summed E-state index contributed by atoms with van der Waals surface area (Å²) in [7, 11) is 0. The summed E-state index contributed by atoms with van der Waals surface area (Å²) in [4.78, 5) is 22.7. The Morgan fingerprint density at radius 3 is 2.70 bits per heavy atom. The van der Waals surface area contributed by atoms with E-state index in [4.69, 9.17) is 10.3 Å². The summed E-state index contributed by atoms with van der Waals surface area (Å²) in [5, 5.41) is 17.6. The predicted octanol–water partition coefficient (Wildman–Crippen LogP) is 2.66. The maximum atomic E-state index is 12.5. The first kappa shape index (κ1) is 16.5. The Morgan fingerprint density at radius 2 is 2.17 bits per heavy atom. The summed E-state index contributed by atoms with van der Waals surface area (Å²) in [5.41, 5.74) is 7.35. The fraction of sp³-hybridized carbons (Fsp3) is 0.333. The smallest absolute Gasteiger partial charge is 0.270 e. The Bertz CT molecular complexity index is 734. The number of aromatic nitrogens is 1. The summed E-state index contributed by atoms with van der Waals surface area (Å²) in [5.74, 6) is 0.153. The van der Waals surface area contributed by atoms with E-state index in [1.54, 1.807) is 13.8 Å². The number of non-ortho nitro benzene ring substituents is 1. The average molecular weight is 318 g/mol. The number of hydrogen-bond donors (Lipinski definition) is 2. The molecule has 1 aromatic heterocycles. The lowest BCUT2D eigenvalue weighted by molar-refractivity contribution is -0.384. The molecule has 3 N–H and O–H groups in total. The molecule has 122 valence electrons. The van der Waals surface area contributed by atoms with E-state index in [0.29, 0.717) is 17.9 Å². The van der Waals surface area contributed by atoms with Gasteiger partial charge >= 0.3 is 0 Å². The number of carbonyl (C=O) groups is 1. The van der Waals surface area contributed by atoms with Crippen LogP contribution in [0, 0.1) is 24.0 Å². The van der Waals surface area contributed by atoms with E-state index < -0.39 is 10.8 Å². The highest BCUT2D eigenvalue weighted by atomic mass is 16.6. The summed E-state index contributed by atoms with van der Waals surface area (Å²) in [6.45, 7) is 5.47. The number of nitrogens with two attached hydrogens (primary N) is 1. The van der Waals surface area contributed by atoms with Crippen LogP contribution in [0.1, 0.15) is 46.8 Å². The first-order chi connectivity index (χ1) is 10.8. The Labute approximate surface area is 132 Å². The number of amides is 1. The van der Waals surface area contributed by atoms with E-state index in [9.17, 15) is 14.9 Å². The van der Waals surface area contributed by atoms with E-state index in [-0.39, 0.29) is 23.0 Å². The van der Waals surface area contributed by atoms with Gasteiger partial charge in [0.25, 0.3) is 11.6 Å². The van der Waals surface area contributed by atoms with Crippen LogP contribution in [0.15, 0.2) is 22.7 Å². The van der Waals surface area contributed by atoms with Crippen LogP contribution >= 0.6 is 0 Å². The number of rotatable bonds is 5. The van der Waals surface area contributed by atoms with Gasteiger partial charge in [0.05, 0.1) is 22.2 Å². The van der Waals surface area contributed by atoms with Crippen LogP contribution in [0.5, 0.6) is 0 Å². The Kier molecular flexibility index (Phi) is 4.63. The van der Waals surface area contributed by atoms with Gasteiger partial charge in [-0.2, -0.15) is 0 Å². The molecule has 1 aromatic carbocycles. The zero-order chi connectivity index (χ0) is 17.1. The third-order valence-electron chi connectivity index (χ3n) is 3.64. The number of nitro groups is 1. The van der Waals surface area contributed by atoms with Gasteiger partial charge in [0, 0.05) is 23.4 Å². The topological polar surface area (TPSA) is 124 Å². The van der Waals surface area contributed by atoms with Gasteiger partial charge in [0.1, 0.15) is 5.76 Å². The first-order valence-electron chi connectivity index (χ1n) is 7.12. The molecule has 0 aliphatic rings.